The van der Waals surface area contributed by atoms with Crippen molar-refractivity contribution in [3.05, 3.63) is 88.5 Å². The van der Waals surface area contributed by atoms with Crippen molar-refractivity contribution in [2.45, 2.75) is 40.3 Å². The van der Waals surface area contributed by atoms with Crippen LogP contribution in [0.4, 0.5) is 18.9 Å². The number of alkyl halides is 3. The number of halogens is 3. The maximum absolute atomic E-state index is 12.9. The van der Waals surface area contributed by atoms with E-state index in [4.69, 9.17) is 4.74 Å². The van der Waals surface area contributed by atoms with Crippen LogP contribution in [0.3, 0.4) is 0 Å². The van der Waals surface area contributed by atoms with Gasteiger partial charge in [-0.1, -0.05) is 18.2 Å². The summed E-state index contributed by atoms with van der Waals surface area (Å²) in [6, 6.07) is 13.0. The van der Waals surface area contributed by atoms with Crippen LogP contribution in [-0.2, 0) is 17.4 Å². The molecule has 0 atom stereocenters. The Morgan fingerprint density at radius 1 is 1.00 bits per heavy atom. The smallest absolute Gasteiger partial charge is 0.416 e. The Bertz CT molecular complexity index is 1410. The topological polar surface area (TPSA) is 81.9 Å². The van der Waals surface area contributed by atoms with Gasteiger partial charge in [-0.3, -0.25) is 4.79 Å². The van der Waals surface area contributed by atoms with E-state index < -0.39 is 17.6 Å². The molecule has 0 spiro atoms. The number of hydrogen-bond acceptors (Lipinski definition) is 5. The van der Waals surface area contributed by atoms with Gasteiger partial charge in [0.2, 0.25) is 11.8 Å². The van der Waals surface area contributed by atoms with Crippen molar-refractivity contribution in [2.24, 2.45) is 0 Å². The van der Waals surface area contributed by atoms with Gasteiger partial charge in [0.25, 0.3) is 0 Å². The first-order chi connectivity index (χ1) is 17.0. The van der Waals surface area contributed by atoms with Crippen LogP contribution in [0.2, 0.25) is 0 Å². The predicted molar refractivity (Wildman–Crippen MR) is 128 cm³/mol. The third-order valence-electron chi connectivity index (χ3n) is 5.65. The van der Waals surface area contributed by atoms with E-state index in [1.54, 1.807) is 41.9 Å². The number of carbonyl (C=O) groups is 1. The molecule has 1 N–H and O–H groups in total. The second-order valence-electron chi connectivity index (χ2n) is 8.37. The third kappa shape index (κ3) is 5.70. The molecular formula is C26H24F3N5O2. The fraction of sp³-hybridized carbons (Fsp3) is 0.231. The van der Waals surface area contributed by atoms with Crippen LogP contribution in [0.25, 0.3) is 5.82 Å². The lowest BCUT2D eigenvalue weighted by Gasteiger charge is -2.11. The summed E-state index contributed by atoms with van der Waals surface area (Å²) < 4.78 is 46.3. The molecule has 4 aromatic rings. The first kappa shape index (κ1) is 24.9. The van der Waals surface area contributed by atoms with E-state index in [1.165, 1.54) is 12.1 Å². The molecule has 0 aliphatic heterocycles. The third-order valence-corrected chi connectivity index (χ3v) is 5.65. The Morgan fingerprint density at radius 3 is 2.36 bits per heavy atom. The van der Waals surface area contributed by atoms with Crippen molar-refractivity contribution >= 4 is 11.6 Å². The monoisotopic (exact) mass is 495 g/mol. The molecule has 4 rings (SSSR count). The molecule has 36 heavy (non-hydrogen) atoms. The summed E-state index contributed by atoms with van der Waals surface area (Å²) in [5, 5.41) is 7.21. The number of anilines is 1. The lowest BCUT2D eigenvalue weighted by atomic mass is 10.1. The maximum Gasteiger partial charge on any atom is 0.416 e. The predicted octanol–water partition coefficient (Wildman–Crippen LogP) is 5.89. The largest absolute Gasteiger partial charge is 0.439 e. The average Bonchev–Trinajstić information content (AvgIpc) is 3.07. The molecule has 2 aromatic heterocycles. The van der Waals surface area contributed by atoms with Crippen LogP contribution in [-0.4, -0.2) is 25.7 Å². The highest BCUT2D eigenvalue weighted by atomic mass is 19.4. The van der Waals surface area contributed by atoms with Gasteiger partial charge in [-0.25, -0.2) is 9.67 Å². The lowest BCUT2D eigenvalue weighted by Crippen LogP contribution is -2.15. The van der Waals surface area contributed by atoms with E-state index in [9.17, 15) is 18.0 Å². The highest BCUT2D eigenvalue weighted by Crippen LogP contribution is 2.30. The number of aromatic nitrogens is 4. The van der Waals surface area contributed by atoms with E-state index in [0.29, 0.717) is 29.0 Å². The van der Waals surface area contributed by atoms with Crippen LogP contribution in [0, 0.1) is 27.7 Å². The van der Waals surface area contributed by atoms with Crippen LogP contribution >= 0.6 is 0 Å². The molecule has 0 aliphatic carbocycles. The quantitative estimate of drug-likeness (QED) is 0.361. The van der Waals surface area contributed by atoms with E-state index >= 15 is 0 Å². The fourth-order valence-electron chi connectivity index (χ4n) is 3.60. The number of rotatable bonds is 6. The molecule has 0 radical (unpaired) electrons. The molecule has 186 valence electrons. The number of amides is 1. The van der Waals surface area contributed by atoms with Crippen LogP contribution < -0.4 is 10.1 Å². The highest BCUT2D eigenvalue weighted by Gasteiger charge is 2.30. The van der Waals surface area contributed by atoms with Crippen molar-refractivity contribution in [3.8, 4) is 17.4 Å². The van der Waals surface area contributed by atoms with Crippen molar-refractivity contribution in [1.29, 1.82) is 0 Å². The second kappa shape index (κ2) is 9.80. The average molecular weight is 496 g/mol. The SMILES string of the molecule is Cc1nc(Oc2ccc(NC(=O)Cc3cccc(C(F)(F)F)c3)cc2)cc(-n2nc(C)c(C)c2C)n1. The molecule has 1 amide bonds. The normalized spacial score (nSPS) is 11.4. The Morgan fingerprint density at radius 2 is 1.72 bits per heavy atom. The number of hydrogen-bond donors (Lipinski definition) is 1. The highest BCUT2D eigenvalue weighted by molar-refractivity contribution is 5.92. The standard InChI is InChI=1S/C26H24F3N5O2/c1-15-16(2)33-34(17(15)3)23-14-25(31-18(4)30-23)36-22-10-8-21(9-11-22)32-24(35)13-19-6-5-7-20(12-19)26(27,28)29/h5-12,14H,13H2,1-4H3,(H,32,35). The van der Waals surface area contributed by atoms with Gasteiger partial charge < -0.3 is 10.1 Å². The lowest BCUT2D eigenvalue weighted by molar-refractivity contribution is -0.137. The first-order valence-corrected chi connectivity index (χ1v) is 11.1. The molecule has 2 heterocycles. The van der Waals surface area contributed by atoms with Gasteiger partial charge in [-0.2, -0.15) is 23.3 Å². The number of nitrogens with zero attached hydrogens (tertiary/aromatic N) is 4. The Hall–Kier alpha value is -4.21. The number of nitrogens with one attached hydrogen (secondary N) is 1. The van der Waals surface area contributed by atoms with Gasteiger partial charge >= 0.3 is 6.18 Å². The van der Waals surface area contributed by atoms with Gasteiger partial charge in [0, 0.05) is 17.4 Å². The summed E-state index contributed by atoms with van der Waals surface area (Å²) in [6.07, 6.45) is -4.64. The summed E-state index contributed by atoms with van der Waals surface area (Å²) >= 11 is 0. The van der Waals surface area contributed by atoms with Crippen LogP contribution in [0.15, 0.2) is 54.6 Å². The minimum Gasteiger partial charge on any atom is -0.439 e. The zero-order chi connectivity index (χ0) is 26.0. The van der Waals surface area contributed by atoms with Crippen LogP contribution in [0.5, 0.6) is 11.6 Å². The Kier molecular flexibility index (Phi) is 6.78. The second-order valence-corrected chi connectivity index (χ2v) is 8.37. The van der Waals surface area contributed by atoms with E-state index in [2.05, 4.69) is 20.4 Å². The fourth-order valence-corrected chi connectivity index (χ4v) is 3.60. The van der Waals surface area contributed by atoms with Crippen molar-refractivity contribution < 1.29 is 22.7 Å². The number of benzene rings is 2. The molecule has 0 saturated heterocycles. The Labute approximate surface area is 206 Å². The Balaban J connectivity index is 1.43. The molecule has 0 fully saturated rings. The molecule has 0 aliphatic rings. The molecular weight excluding hydrogens is 471 g/mol. The van der Waals surface area contributed by atoms with Gasteiger partial charge in [0.15, 0.2) is 5.82 Å². The number of ether oxygens (including phenoxy) is 1. The molecule has 10 heteroatoms. The van der Waals surface area contributed by atoms with Gasteiger partial charge in [-0.15, -0.1) is 0 Å². The minimum atomic E-state index is -4.46. The number of carbonyl (C=O) groups excluding carboxylic acids is 1. The van der Waals surface area contributed by atoms with Crippen molar-refractivity contribution in [3.63, 3.8) is 0 Å². The molecule has 2 aromatic carbocycles. The zero-order valence-corrected chi connectivity index (χ0v) is 20.1. The minimum absolute atomic E-state index is 0.184. The summed E-state index contributed by atoms with van der Waals surface area (Å²) in [6.45, 7) is 7.66. The van der Waals surface area contributed by atoms with Crippen molar-refractivity contribution in [1.82, 2.24) is 19.7 Å². The zero-order valence-electron chi connectivity index (χ0n) is 20.1. The van der Waals surface area contributed by atoms with E-state index in [0.717, 1.165) is 29.1 Å². The molecule has 0 unspecified atom stereocenters. The summed E-state index contributed by atoms with van der Waals surface area (Å²) in [7, 11) is 0. The van der Waals surface area contributed by atoms with Crippen LogP contribution in [0.1, 0.15) is 33.9 Å². The summed E-state index contributed by atoms with van der Waals surface area (Å²) in [5.74, 6) is 1.50. The van der Waals surface area contributed by atoms with Crippen molar-refractivity contribution in [2.75, 3.05) is 5.32 Å². The summed E-state index contributed by atoms with van der Waals surface area (Å²) in [4.78, 5) is 21.1. The van der Waals surface area contributed by atoms with Gasteiger partial charge in [0.1, 0.15) is 11.6 Å². The number of aryl methyl sites for hydroxylation is 2. The van der Waals surface area contributed by atoms with Gasteiger partial charge in [0.05, 0.1) is 17.7 Å². The maximum atomic E-state index is 12.9. The first-order valence-electron chi connectivity index (χ1n) is 11.1. The van der Waals surface area contributed by atoms with E-state index in [1.807, 2.05) is 20.8 Å². The van der Waals surface area contributed by atoms with Gasteiger partial charge in [-0.05, 0) is 69.2 Å². The molecule has 0 saturated carbocycles. The molecule has 7 nitrogen and oxygen atoms in total. The van der Waals surface area contributed by atoms with E-state index in [-0.39, 0.29) is 12.0 Å². The summed E-state index contributed by atoms with van der Waals surface area (Å²) in [5.41, 5.74) is 2.94. The molecule has 0 bridgehead atoms.